The van der Waals surface area contributed by atoms with Crippen molar-refractivity contribution in [1.82, 2.24) is 14.9 Å². The molecule has 1 N–H and O–H groups in total. The van der Waals surface area contributed by atoms with Gasteiger partial charge in [0.2, 0.25) is 5.91 Å². The van der Waals surface area contributed by atoms with Gasteiger partial charge in [-0.3, -0.25) is 14.2 Å². The van der Waals surface area contributed by atoms with Crippen LogP contribution in [0.1, 0.15) is 55.9 Å². The summed E-state index contributed by atoms with van der Waals surface area (Å²) in [7, 11) is 0. The number of aromatic nitrogens is 2. The molecule has 0 saturated heterocycles. The van der Waals surface area contributed by atoms with Crippen molar-refractivity contribution in [3.63, 3.8) is 0 Å². The number of unbranched alkanes of at least 4 members (excludes halogenated alkanes) is 3. The average Bonchev–Trinajstić information content (AvgIpc) is 3.26. The Labute approximate surface area is 173 Å². The number of nitriles is 1. The van der Waals surface area contributed by atoms with Crippen molar-refractivity contribution < 1.29 is 4.79 Å². The molecule has 0 spiro atoms. The van der Waals surface area contributed by atoms with Crippen LogP contribution in [0.5, 0.6) is 0 Å². The van der Waals surface area contributed by atoms with Crippen LogP contribution in [0.3, 0.4) is 0 Å². The second-order valence-electron chi connectivity index (χ2n) is 7.00. The van der Waals surface area contributed by atoms with E-state index in [1.807, 2.05) is 6.07 Å². The van der Waals surface area contributed by atoms with Gasteiger partial charge in [-0.2, -0.15) is 5.26 Å². The van der Waals surface area contributed by atoms with Crippen molar-refractivity contribution >= 4 is 39.2 Å². The van der Waals surface area contributed by atoms with E-state index in [9.17, 15) is 9.59 Å². The van der Waals surface area contributed by atoms with Gasteiger partial charge in [-0.05, 0) is 31.2 Å². The van der Waals surface area contributed by atoms with Gasteiger partial charge >= 0.3 is 0 Å². The third-order valence-electron chi connectivity index (χ3n) is 4.92. The number of rotatable bonds is 10. The molecule has 6 nitrogen and oxygen atoms in total. The zero-order chi connectivity index (χ0) is 19.9. The maximum absolute atomic E-state index is 13.3. The molecule has 1 aliphatic rings. The van der Waals surface area contributed by atoms with Crippen molar-refractivity contribution in [1.29, 1.82) is 5.26 Å². The van der Waals surface area contributed by atoms with Crippen molar-refractivity contribution in [2.24, 2.45) is 0 Å². The molecule has 0 radical (unpaired) electrons. The number of thioether (sulfide) groups is 1. The number of thiophene rings is 1. The Hall–Kier alpha value is -1.85. The van der Waals surface area contributed by atoms with Gasteiger partial charge in [0.15, 0.2) is 5.16 Å². The summed E-state index contributed by atoms with van der Waals surface area (Å²) >= 11 is 2.94. The van der Waals surface area contributed by atoms with E-state index in [2.05, 4.69) is 12.2 Å². The second kappa shape index (κ2) is 10.1. The molecule has 150 valence electrons. The van der Waals surface area contributed by atoms with Crippen LogP contribution in [0.25, 0.3) is 10.2 Å². The maximum Gasteiger partial charge on any atom is 0.263 e. The standard InChI is InChI=1S/C20H26N4O2S2/c1-2-3-4-5-12-24-19(26)17-14-8-6-9-15(14)28-18(17)23-20(24)27-13-16(25)22-11-7-10-21/h2-9,11-13H2,1H3,(H,22,25). The lowest BCUT2D eigenvalue weighted by atomic mass is 10.2. The number of carbonyl (C=O) groups is 1. The van der Waals surface area contributed by atoms with Gasteiger partial charge in [0.05, 0.1) is 23.6 Å². The van der Waals surface area contributed by atoms with Crippen LogP contribution in [0.2, 0.25) is 0 Å². The van der Waals surface area contributed by atoms with Crippen LogP contribution in [-0.4, -0.2) is 27.8 Å². The Morgan fingerprint density at radius 2 is 2.21 bits per heavy atom. The van der Waals surface area contributed by atoms with E-state index in [4.69, 9.17) is 10.2 Å². The summed E-state index contributed by atoms with van der Waals surface area (Å²) in [4.78, 5) is 32.2. The van der Waals surface area contributed by atoms with Crippen LogP contribution in [0.4, 0.5) is 0 Å². The smallest absolute Gasteiger partial charge is 0.263 e. The molecule has 0 aromatic carbocycles. The van der Waals surface area contributed by atoms with E-state index in [1.54, 1.807) is 15.9 Å². The summed E-state index contributed by atoms with van der Waals surface area (Å²) in [5, 5.41) is 12.7. The molecule has 1 aliphatic carbocycles. The second-order valence-corrected chi connectivity index (χ2v) is 9.02. The third kappa shape index (κ3) is 4.76. The summed E-state index contributed by atoms with van der Waals surface area (Å²) in [5.41, 5.74) is 1.25. The first-order chi connectivity index (χ1) is 13.7. The van der Waals surface area contributed by atoms with E-state index >= 15 is 0 Å². The van der Waals surface area contributed by atoms with E-state index in [0.29, 0.717) is 24.7 Å². The van der Waals surface area contributed by atoms with E-state index in [0.717, 1.165) is 55.2 Å². The molecular formula is C20H26N4O2S2. The quantitative estimate of drug-likeness (QED) is 0.361. The number of carbonyl (C=O) groups excluding carboxylic acids is 1. The number of hydrogen-bond acceptors (Lipinski definition) is 6. The highest BCUT2D eigenvalue weighted by Gasteiger charge is 2.23. The first-order valence-corrected chi connectivity index (χ1v) is 11.8. The molecule has 3 rings (SSSR count). The van der Waals surface area contributed by atoms with Crippen molar-refractivity contribution in [3.8, 4) is 6.07 Å². The van der Waals surface area contributed by atoms with Gasteiger partial charge in [0.1, 0.15) is 4.83 Å². The third-order valence-corrected chi connectivity index (χ3v) is 7.08. The Morgan fingerprint density at radius 1 is 1.36 bits per heavy atom. The lowest BCUT2D eigenvalue weighted by molar-refractivity contribution is -0.118. The highest BCUT2D eigenvalue weighted by molar-refractivity contribution is 7.99. The number of aryl methyl sites for hydroxylation is 2. The predicted molar refractivity (Wildman–Crippen MR) is 114 cm³/mol. The molecule has 0 fully saturated rings. The fourth-order valence-electron chi connectivity index (χ4n) is 3.50. The molecule has 0 atom stereocenters. The molecule has 0 aliphatic heterocycles. The summed E-state index contributed by atoms with van der Waals surface area (Å²) in [6, 6.07) is 2.01. The van der Waals surface area contributed by atoms with Crippen LogP contribution < -0.4 is 10.9 Å². The number of fused-ring (bicyclic) bond motifs is 3. The number of nitrogens with one attached hydrogen (secondary N) is 1. The van der Waals surface area contributed by atoms with Crippen LogP contribution in [0.15, 0.2) is 9.95 Å². The summed E-state index contributed by atoms with van der Waals surface area (Å²) in [6.07, 6.45) is 7.75. The van der Waals surface area contributed by atoms with E-state index in [1.165, 1.54) is 22.2 Å². The SMILES string of the molecule is CCCCCCn1c(SCC(=O)NCCC#N)nc2sc3c(c2c1=O)CCC3. The van der Waals surface area contributed by atoms with Gasteiger partial charge in [-0.25, -0.2) is 4.98 Å². The molecular weight excluding hydrogens is 392 g/mol. The minimum atomic E-state index is -0.138. The Morgan fingerprint density at radius 3 is 3.00 bits per heavy atom. The molecule has 1 amide bonds. The molecule has 28 heavy (non-hydrogen) atoms. The topological polar surface area (TPSA) is 87.8 Å². The molecule has 8 heteroatoms. The lowest BCUT2D eigenvalue weighted by Gasteiger charge is -2.12. The summed E-state index contributed by atoms with van der Waals surface area (Å²) in [6.45, 7) is 3.16. The van der Waals surface area contributed by atoms with Gasteiger partial charge in [0, 0.05) is 18.0 Å². The average molecular weight is 419 g/mol. The van der Waals surface area contributed by atoms with Gasteiger partial charge in [-0.1, -0.05) is 37.9 Å². The van der Waals surface area contributed by atoms with Crippen LogP contribution >= 0.6 is 23.1 Å². The van der Waals surface area contributed by atoms with E-state index < -0.39 is 0 Å². The monoisotopic (exact) mass is 418 g/mol. The molecule has 0 saturated carbocycles. The first-order valence-electron chi connectivity index (χ1n) is 9.97. The number of amides is 1. The Balaban J connectivity index is 1.83. The summed E-state index contributed by atoms with van der Waals surface area (Å²) < 4.78 is 1.77. The number of nitrogens with zero attached hydrogens (tertiary/aromatic N) is 3. The zero-order valence-electron chi connectivity index (χ0n) is 16.3. The molecule has 2 aromatic heterocycles. The molecule has 2 aromatic rings. The van der Waals surface area contributed by atoms with Crippen LogP contribution in [-0.2, 0) is 24.2 Å². The highest BCUT2D eigenvalue weighted by atomic mass is 32.2. The number of hydrogen-bond donors (Lipinski definition) is 1. The minimum absolute atomic E-state index is 0.0493. The van der Waals surface area contributed by atoms with Crippen molar-refractivity contribution in [2.75, 3.05) is 12.3 Å². The van der Waals surface area contributed by atoms with Crippen molar-refractivity contribution in [3.05, 3.63) is 20.8 Å². The molecule has 2 heterocycles. The molecule has 0 bridgehead atoms. The van der Waals surface area contributed by atoms with Gasteiger partial charge < -0.3 is 5.32 Å². The van der Waals surface area contributed by atoms with Crippen molar-refractivity contribution in [2.45, 2.75) is 70.0 Å². The summed E-state index contributed by atoms with van der Waals surface area (Å²) in [5.74, 6) is 0.0597. The van der Waals surface area contributed by atoms with E-state index in [-0.39, 0.29) is 17.2 Å². The maximum atomic E-state index is 13.3. The lowest BCUT2D eigenvalue weighted by Crippen LogP contribution is -2.27. The fourth-order valence-corrected chi connectivity index (χ4v) is 5.66. The zero-order valence-corrected chi connectivity index (χ0v) is 17.9. The molecule has 0 unspecified atom stereocenters. The first kappa shape index (κ1) is 20.9. The Kier molecular flexibility index (Phi) is 7.51. The van der Waals surface area contributed by atoms with Gasteiger partial charge in [0.25, 0.3) is 5.56 Å². The fraction of sp³-hybridized carbons (Fsp3) is 0.600. The Bertz CT molecular complexity index is 942. The minimum Gasteiger partial charge on any atom is -0.354 e. The van der Waals surface area contributed by atoms with Gasteiger partial charge in [-0.15, -0.1) is 11.3 Å². The highest BCUT2D eigenvalue weighted by Crippen LogP contribution is 2.35. The van der Waals surface area contributed by atoms with Crippen LogP contribution in [0, 0.1) is 11.3 Å². The normalized spacial score (nSPS) is 12.9. The predicted octanol–water partition coefficient (Wildman–Crippen LogP) is 3.65. The largest absolute Gasteiger partial charge is 0.354 e.